The fourth-order valence-electron chi connectivity index (χ4n) is 4.19. The predicted molar refractivity (Wildman–Crippen MR) is 142 cm³/mol. The number of H-pyrrole nitrogens is 1. The van der Waals surface area contributed by atoms with Crippen LogP contribution in [0.4, 0.5) is 16.0 Å². The molecule has 5 aromatic rings. The van der Waals surface area contributed by atoms with Crippen LogP contribution in [0.25, 0.3) is 22.2 Å². The van der Waals surface area contributed by atoms with Gasteiger partial charge in [-0.05, 0) is 54.3 Å². The monoisotopic (exact) mass is 495 g/mol. The fraction of sp³-hybridized carbons (Fsp3) is 0.143. The van der Waals surface area contributed by atoms with Crippen LogP contribution in [0.1, 0.15) is 40.0 Å². The number of nitrogens with one attached hydrogen (secondary N) is 3. The number of aryl methyl sites for hydroxylation is 1. The molecule has 3 aromatic heterocycles. The molecule has 9 heteroatoms. The molecule has 0 aliphatic carbocycles. The molecule has 186 valence electrons. The Morgan fingerprint density at radius 3 is 2.59 bits per heavy atom. The zero-order chi connectivity index (χ0) is 25.9. The average Bonchev–Trinajstić information content (AvgIpc) is 3.34. The number of hydrogen-bond donors (Lipinski definition) is 4. The number of benzene rings is 2. The quantitative estimate of drug-likeness (QED) is 0.248. The van der Waals surface area contributed by atoms with E-state index in [0.717, 1.165) is 33.2 Å². The molecule has 0 radical (unpaired) electrons. The number of halogens is 1. The van der Waals surface area contributed by atoms with Crippen LogP contribution < -0.4 is 16.4 Å². The smallest absolute Gasteiger partial charge is 0.255 e. The zero-order valence-corrected chi connectivity index (χ0v) is 20.4. The van der Waals surface area contributed by atoms with Gasteiger partial charge in [0.15, 0.2) is 0 Å². The third-order valence-electron chi connectivity index (χ3n) is 6.21. The Balaban J connectivity index is 1.30. The first-order valence-electron chi connectivity index (χ1n) is 11.8. The Kier molecular flexibility index (Phi) is 6.51. The number of anilines is 2. The minimum atomic E-state index is -0.315. The minimum Gasteiger partial charge on any atom is -0.383 e. The number of nitrogens with two attached hydrogens (primary N) is 1. The Labute approximate surface area is 213 Å². The molecule has 1 amide bonds. The van der Waals surface area contributed by atoms with Crippen molar-refractivity contribution in [2.45, 2.75) is 26.4 Å². The van der Waals surface area contributed by atoms with Gasteiger partial charge >= 0.3 is 0 Å². The molecule has 8 nitrogen and oxygen atoms in total. The first kappa shape index (κ1) is 23.9. The van der Waals surface area contributed by atoms with Gasteiger partial charge in [-0.3, -0.25) is 4.79 Å². The zero-order valence-electron chi connectivity index (χ0n) is 20.4. The summed E-state index contributed by atoms with van der Waals surface area (Å²) in [5.74, 6) is 0.339. The predicted octanol–water partition coefficient (Wildman–Crippen LogP) is 5.15. The number of amides is 1. The molecular weight excluding hydrogens is 469 g/mol. The number of aromatic nitrogens is 4. The highest BCUT2D eigenvalue weighted by molar-refractivity contribution is 6.00. The molecule has 0 fully saturated rings. The van der Waals surface area contributed by atoms with Crippen molar-refractivity contribution < 1.29 is 9.18 Å². The van der Waals surface area contributed by atoms with Crippen LogP contribution in [0.3, 0.4) is 0 Å². The first-order valence-corrected chi connectivity index (χ1v) is 11.8. The normalized spacial score (nSPS) is 11.9. The van der Waals surface area contributed by atoms with Gasteiger partial charge in [0.05, 0.1) is 17.0 Å². The molecule has 5 rings (SSSR count). The molecule has 0 bridgehead atoms. The number of rotatable bonds is 7. The maximum atomic E-state index is 13.3. The average molecular weight is 496 g/mol. The highest BCUT2D eigenvalue weighted by Crippen LogP contribution is 2.30. The maximum Gasteiger partial charge on any atom is 0.255 e. The first-order chi connectivity index (χ1) is 17.9. The molecule has 5 N–H and O–H groups in total. The third-order valence-corrected chi connectivity index (χ3v) is 6.21. The lowest BCUT2D eigenvalue weighted by atomic mass is 10.0. The van der Waals surface area contributed by atoms with Gasteiger partial charge in [0.1, 0.15) is 29.4 Å². The van der Waals surface area contributed by atoms with Crippen molar-refractivity contribution in [2.75, 3.05) is 11.1 Å². The lowest BCUT2D eigenvalue weighted by Gasteiger charge is -2.17. The Morgan fingerprint density at radius 1 is 1.08 bits per heavy atom. The standard InChI is InChI=1S/C28H26FN7O/c1-16-11-22(28(37)36-17(2)19-7-9-21(29)10-8-19)26(31-12-16)32-13-18-3-5-20(6-4-18)23-14-33-27-24(23)25(30)34-15-35-27/h3-12,14-15,17H,13H2,1-2H3,(H,31,32)(H,36,37)(H3,30,33,34,35)/t17-/m0/s1. The second kappa shape index (κ2) is 10.1. The van der Waals surface area contributed by atoms with E-state index in [2.05, 4.69) is 30.6 Å². The summed E-state index contributed by atoms with van der Waals surface area (Å²) < 4.78 is 13.3. The number of pyridine rings is 1. The van der Waals surface area contributed by atoms with Crippen LogP contribution in [0.5, 0.6) is 0 Å². The largest absolute Gasteiger partial charge is 0.383 e. The van der Waals surface area contributed by atoms with Gasteiger partial charge in [-0.1, -0.05) is 36.4 Å². The summed E-state index contributed by atoms with van der Waals surface area (Å²) in [4.78, 5) is 29.0. The van der Waals surface area contributed by atoms with E-state index in [9.17, 15) is 9.18 Å². The van der Waals surface area contributed by atoms with E-state index < -0.39 is 0 Å². The third kappa shape index (κ3) is 5.11. The van der Waals surface area contributed by atoms with Crippen molar-refractivity contribution >= 4 is 28.6 Å². The molecule has 0 unspecified atom stereocenters. The Bertz CT molecular complexity index is 1560. The molecule has 1 atom stereocenters. The molecule has 3 heterocycles. The second-order valence-electron chi connectivity index (χ2n) is 8.89. The number of nitrogens with zero attached hydrogens (tertiary/aromatic N) is 3. The number of hydrogen-bond acceptors (Lipinski definition) is 6. The highest BCUT2D eigenvalue weighted by atomic mass is 19.1. The van der Waals surface area contributed by atoms with E-state index in [0.29, 0.717) is 29.4 Å². The van der Waals surface area contributed by atoms with Gasteiger partial charge in [0.2, 0.25) is 0 Å². The number of carbonyl (C=O) groups excluding carboxylic acids is 1. The van der Waals surface area contributed by atoms with E-state index in [4.69, 9.17) is 5.73 Å². The molecule has 2 aromatic carbocycles. The molecule has 0 aliphatic heterocycles. The topological polar surface area (TPSA) is 122 Å². The Hall–Kier alpha value is -4.79. The van der Waals surface area contributed by atoms with Crippen molar-refractivity contribution in [1.82, 2.24) is 25.3 Å². The highest BCUT2D eigenvalue weighted by Gasteiger charge is 2.17. The van der Waals surface area contributed by atoms with Crippen molar-refractivity contribution in [2.24, 2.45) is 0 Å². The second-order valence-corrected chi connectivity index (χ2v) is 8.89. The lowest BCUT2D eigenvalue weighted by Crippen LogP contribution is -2.27. The summed E-state index contributed by atoms with van der Waals surface area (Å²) in [7, 11) is 0. The molecule has 0 aliphatic rings. The van der Waals surface area contributed by atoms with Crippen LogP contribution in [-0.4, -0.2) is 25.8 Å². The molecule has 0 saturated carbocycles. The van der Waals surface area contributed by atoms with Crippen molar-refractivity contribution in [3.05, 3.63) is 101 Å². The minimum absolute atomic E-state index is 0.259. The van der Waals surface area contributed by atoms with Gasteiger partial charge in [-0.2, -0.15) is 0 Å². The van der Waals surface area contributed by atoms with Gasteiger partial charge < -0.3 is 21.4 Å². The fourth-order valence-corrected chi connectivity index (χ4v) is 4.19. The number of carbonyl (C=O) groups is 1. The number of fused-ring (bicyclic) bond motifs is 1. The van der Waals surface area contributed by atoms with Crippen molar-refractivity contribution in [3.8, 4) is 11.1 Å². The van der Waals surface area contributed by atoms with E-state index >= 15 is 0 Å². The SMILES string of the molecule is Cc1cnc(NCc2ccc(-c3c[nH]c4ncnc(N)c34)cc2)c(C(=O)N[C@@H](C)c2ccc(F)cc2)c1. The van der Waals surface area contributed by atoms with Crippen molar-refractivity contribution in [3.63, 3.8) is 0 Å². The van der Waals surface area contributed by atoms with E-state index in [-0.39, 0.29) is 17.8 Å². The van der Waals surface area contributed by atoms with E-state index in [1.807, 2.05) is 44.3 Å². The Morgan fingerprint density at radius 2 is 1.84 bits per heavy atom. The summed E-state index contributed by atoms with van der Waals surface area (Å²) in [6, 6.07) is 15.6. The number of aromatic amines is 1. The van der Waals surface area contributed by atoms with Gasteiger partial charge in [-0.15, -0.1) is 0 Å². The summed E-state index contributed by atoms with van der Waals surface area (Å²) in [5, 5.41) is 7.05. The maximum absolute atomic E-state index is 13.3. The van der Waals surface area contributed by atoms with Gasteiger partial charge in [0, 0.05) is 24.5 Å². The lowest BCUT2D eigenvalue weighted by molar-refractivity contribution is 0.0940. The van der Waals surface area contributed by atoms with Crippen LogP contribution >= 0.6 is 0 Å². The summed E-state index contributed by atoms with van der Waals surface area (Å²) in [5.41, 5.74) is 11.8. The van der Waals surface area contributed by atoms with Crippen molar-refractivity contribution in [1.29, 1.82) is 0 Å². The van der Waals surface area contributed by atoms with E-state index in [1.54, 1.807) is 24.4 Å². The molecule has 0 saturated heterocycles. The number of nitrogen functional groups attached to an aromatic ring is 1. The molecule has 0 spiro atoms. The molecular formula is C28H26FN7O. The van der Waals surface area contributed by atoms with Crippen LogP contribution in [-0.2, 0) is 6.54 Å². The van der Waals surface area contributed by atoms with Crippen LogP contribution in [0.2, 0.25) is 0 Å². The van der Waals surface area contributed by atoms with Crippen LogP contribution in [0.15, 0.2) is 73.3 Å². The summed E-state index contributed by atoms with van der Waals surface area (Å²) in [6.45, 7) is 4.22. The van der Waals surface area contributed by atoms with Gasteiger partial charge in [0.25, 0.3) is 5.91 Å². The van der Waals surface area contributed by atoms with Gasteiger partial charge in [-0.25, -0.2) is 19.3 Å². The van der Waals surface area contributed by atoms with Crippen LogP contribution in [0, 0.1) is 12.7 Å². The van der Waals surface area contributed by atoms with E-state index in [1.165, 1.54) is 18.5 Å². The molecule has 37 heavy (non-hydrogen) atoms. The summed E-state index contributed by atoms with van der Waals surface area (Å²) in [6.07, 6.45) is 5.02. The summed E-state index contributed by atoms with van der Waals surface area (Å²) >= 11 is 0.